The zero-order valence-electron chi connectivity index (χ0n) is 10.6. The highest BCUT2D eigenvalue weighted by atomic mass is 16.5. The third-order valence-corrected chi connectivity index (χ3v) is 3.92. The normalized spacial score (nSPS) is 28.7. The fourth-order valence-electron chi connectivity index (χ4n) is 2.80. The molecule has 3 nitrogen and oxygen atoms in total. The van der Waals surface area contributed by atoms with Crippen LogP contribution in [-0.2, 0) is 4.74 Å². The lowest BCUT2D eigenvalue weighted by Gasteiger charge is -2.24. The molecular formula is C13H26N2O. The van der Waals surface area contributed by atoms with E-state index in [1.807, 2.05) is 0 Å². The summed E-state index contributed by atoms with van der Waals surface area (Å²) >= 11 is 0. The molecule has 1 unspecified atom stereocenters. The van der Waals surface area contributed by atoms with E-state index in [4.69, 9.17) is 4.74 Å². The highest BCUT2D eigenvalue weighted by Crippen LogP contribution is 2.16. The van der Waals surface area contributed by atoms with Crippen LogP contribution >= 0.6 is 0 Å². The Kier molecular flexibility index (Phi) is 5.07. The molecule has 2 aliphatic heterocycles. The van der Waals surface area contributed by atoms with Crippen molar-refractivity contribution >= 4 is 0 Å². The van der Waals surface area contributed by atoms with Gasteiger partial charge in [-0.2, -0.15) is 0 Å². The SMILES string of the molecule is CC1CCCN1CCCOC1CCNCC1. The average molecular weight is 226 g/mol. The van der Waals surface area contributed by atoms with Crippen LogP contribution in [0.15, 0.2) is 0 Å². The maximum absolute atomic E-state index is 5.91. The lowest BCUT2D eigenvalue weighted by Crippen LogP contribution is -2.33. The van der Waals surface area contributed by atoms with Gasteiger partial charge in [0.05, 0.1) is 6.10 Å². The van der Waals surface area contributed by atoms with Gasteiger partial charge in [0.1, 0.15) is 0 Å². The van der Waals surface area contributed by atoms with E-state index in [1.165, 1.54) is 45.2 Å². The van der Waals surface area contributed by atoms with Crippen molar-refractivity contribution < 1.29 is 4.74 Å². The molecule has 0 aromatic rings. The predicted molar refractivity (Wildman–Crippen MR) is 66.7 cm³/mol. The van der Waals surface area contributed by atoms with Crippen molar-refractivity contribution in [1.82, 2.24) is 10.2 Å². The van der Waals surface area contributed by atoms with Crippen LogP contribution in [0.4, 0.5) is 0 Å². The Bertz CT molecular complexity index is 192. The van der Waals surface area contributed by atoms with Crippen molar-refractivity contribution in [3.8, 4) is 0 Å². The van der Waals surface area contributed by atoms with Gasteiger partial charge in [-0.15, -0.1) is 0 Å². The Morgan fingerprint density at radius 3 is 2.75 bits per heavy atom. The second-order valence-electron chi connectivity index (χ2n) is 5.20. The maximum atomic E-state index is 5.91. The van der Waals surface area contributed by atoms with Crippen molar-refractivity contribution in [3.63, 3.8) is 0 Å². The van der Waals surface area contributed by atoms with Crippen LogP contribution < -0.4 is 5.32 Å². The van der Waals surface area contributed by atoms with E-state index in [2.05, 4.69) is 17.1 Å². The Labute approximate surface area is 99.5 Å². The summed E-state index contributed by atoms with van der Waals surface area (Å²) in [4.78, 5) is 2.60. The lowest BCUT2D eigenvalue weighted by atomic mass is 10.1. The Balaban J connectivity index is 1.51. The van der Waals surface area contributed by atoms with Gasteiger partial charge in [-0.1, -0.05) is 0 Å². The number of hydrogen-bond donors (Lipinski definition) is 1. The Hall–Kier alpha value is -0.120. The molecular weight excluding hydrogens is 200 g/mol. The van der Waals surface area contributed by atoms with Gasteiger partial charge in [-0.3, -0.25) is 0 Å². The number of nitrogens with zero attached hydrogens (tertiary/aromatic N) is 1. The summed E-state index contributed by atoms with van der Waals surface area (Å²) < 4.78 is 5.91. The summed E-state index contributed by atoms with van der Waals surface area (Å²) in [6.07, 6.45) is 6.89. The smallest absolute Gasteiger partial charge is 0.0599 e. The van der Waals surface area contributed by atoms with Crippen LogP contribution in [0.2, 0.25) is 0 Å². The lowest BCUT2D eigenvalue weighted by molar-refractivity contribution is 0.0275. The summed E-state index contributed by atoms with van der Waals surface area (Å²) in [5, 5.41) is 3.37. The summed E-state index contributed by atoms with van der Waals surface area (Å²) in [7, 11) is 0. The van der Waals surface area contributed by atoms with Crippen LogP contribution in [0, 0.1) is 0 Å². The molecule has 94 valence electrons. The molecule has 0 bridgehead atoms. The van der Waals surface area contributed by atoms with Crippen LogP contribution in [-0.4, -0.2) is 49.8 Å². The second kappa shape index (κ2) is 6.58. The molecule has 3 heteroatoms. The van der Waals surface area contributed by atoms with Gasteiger partial charge >= 0.3 is 0 Å². The molecule has 16 heavy (non-hydrogen) atoms. The molecule has 2 saturated heterocycles. The molecule has 0 aromatic heterocycles. The van der Waals surface area contributed by atoms with Gasteiger partial charge < -0.3 is 15.0 Å². The van der Waals surface area contributed by atoms with Crippen molar-refractivity contribution in [3.05, 3.63) is 0 Å². The topological polar surface area (TPSA) is 24.5 Å². The predicted octanol–water partition coefficient (Wildman–Crippen LogP) is 1.63. The molecule has 2 rings (SSSR count). The van der Waals surface area contributed by atoms with Gasteiger partial charge in [-0.25, -0.2) is 0 Å². The van der Waals surface area contributed by atoms with Crippen molar-refractivity contribution in [2.75, 3.05) is 32.8 Å². The molecule has 2 aliphatic rings. The summed E-state index contributed by atoms with van der Waals surface area (Å²) in [5.41, 5.74) is 0. The first-order valence-corrected chi connectivity index (χ1v) is 6.92. The van der Waals surface area contributed by atoms with E-state index < -0.39 is 0 Å². The molecule has 0 saturated carbocycles. The fraction of sp³-hybridized carbons (Fsp3) is 1.00. The Morgan fingerprint density at radius 1 is 1.25 bits per heavy atom. The largest absolute Gasteiger partial charge is 0.378 e. The minimum atomic E-state index is 0.525. The fourth-order valence-corrected chi connectivity index (χ4v) is 2.80. The molecule has 1 N–H and O–H groups in total. The van der Waals surface area contributed by atoms with E-state index in [-0.39, 0.29) is 0 Å². The van der Waals surface area contributed by atoms with Gasteiger partial charge in [0.25, 0.3) is 0 Å². The number of hydrogen-bond acceptors (Lipinski definition) is 3. The molecule has 1 atom stereocenters. The minimum Gasteiger partial charge on any atom is -0.378 e. The third kappa shape index (κ3) is 3.72. The van der Waals surface area contributed by atoms with E-state index in [9.17, 15) is 0 Å². The van der Waals surface area contributed by atoms with Crippen LogP contribution in [0.5, 0.6) is 0 Å². The molecule has 0 aromatic carbocycles. The standard InChI is InChI=1S/C13H26N2O/c1-12-4-2-9-15(12)10-3-11-16-13-5-7-14-8-6-13/h12-14H,2-11H2,1H3. The monoisotopic (exact) mass is 226 g/mol. The van der Waals surface area contributed by atoms with Gasteiger partial charge in [0.15, 0.2) is 0 Å². The molecule has 0 spiro atoms. The van der Waals surface area contributed by atoms with Gasteiger partial charge in [0.2, 0.25) is 0 Å². The highest BCUT2D eigenvalue weighted by molar-refractivity contribution is 4.75. The van der Waals surface area contributed by atoms with E-state index in [0.717, 1.165) is 25.7 Å². The first kappa shape index (κ1) is 12.3. The summed E-state index contributed by atoms with van der Waals surface area (Å²) in [5.74, 6) is 0. The van der Waals surface area contributed by atoms with Crippen molar-refractivity contribution in [2.45, 2.75) is 51.2 Å². The van der Waals surface area contributed by atoms with Crippen molar-refractivity contribution in [1.29, 1.82) is 0 Å². The molecule has 0 aliphatic carbocycles. The zero-order chi connectivity index (χ0) is 11.2. The number of ether oxygens (including phenoxy) is 1. The molecule has 2 fully saturated rings. The number of piperidine rings is 1. The first-order valence-electron chi connectivity index (χ1n) is 6.92. The van der Waals surface area contributed by atoms with E-state index in [1.54, 1.807) is 0 Å². The van der Waals surface area contributed by atoms with Gasteiger partial charge in [-0.05, 0) is 58.7 Å². The average Bonchev–Trinajstić information content (AvgIpc) is 2.72. The zero-order valence-corrected chi connectivity index (χ0v) is 10.6. The second-order valence-corrected chi connectivity index (χ2v) is 5.20. The maximum Gasteiger partial charge on any atom is 0.0599 e. The summed E-state index contributed by atoms with van der Waals surface area (Å²) in [6.45, 7) is 8.09. The molecule has 0 amide bonds. The minimum absolute atomic E-state index is 0.525. The molecule has 2 heterocycles. The number of likely N-dealkylation sites (tertiary alicyclic amines) is 1. The van der Waals surface area contributed by atoms with Crippen LogP contribution in [0.25, 0.3) is 0 Å². The quantitative estimate of drug-likeness (QED) is 0.721. The van der Waals surface area contributed by atoms with Crippen LogP contribution in [0.3, 0.4) is 0 Å². The van der Waals surface area contributed by atoms with E-state index >= 15 is 0 Å². The number of rotatable bonds is 5. The molecule has 0 radical (unpaired) electrons. The van der Waals surface area contributed by atoms with Gasteiger partial charge in [0, 0.05) is 19.2 Å². The van der Waals surface area contributed by atoms with E-state index in [0.29, 0.717) is 6.10 Å². The third-order valence-electron chi connectivity index (χ3n) is 3.92. The first-order chi connectivity index (χ1) is 7.86. The van der Waals surface area contributed by atoms with Crippen molar-refractivity contribution in [2.24, 2.45) is 0 Å². The number of nitrogens with one attached hydrogen (secondary N) is 1. The van der Waals surface area contributed by atoms with Crippen LogP contribution in [0.1, 0.15) is 39.0 Å². The Morgan fingerprint density at radius 2 is 2.06 bits per heavy atom. The highest BCUT2D eigenvalue weighted by Gasteiger charge is 2.19. The summed E-state index contributed by atoms with van der Waals surface area (Å²) in [6, 6.07) is 0.805.